The number of hydrogen-bond donors (Lipinski definition) is 0. The molecule has 0 N–H and O–H groups in total. The smallest absolute Gasteiger partial charge is 0.424 e. The molecule has 1 aromatic rings. The molecule has 0 aliphatic rings. The molecule has 1 rings (SSSR count). The average Bonchev–Trinajstić information content (AvgIpc) is 2.34. The van der Waals surface area contributed by atoms with Gasteiger partial charge in [-0.2, -0.15) is 4.90 Å². The summed E-state index contributed by atoms with van der Waals surface area (Å²) in [6.45, 7) is 10.2. The molecule has 0 fully saturated rings. The second kappa shape index (κ2) is 7.38. The SMILES string of the molecule is COc1c(Br)cncc1N(C(=O)OC(C)(C)C)C(=O)OC(C)(C)C. The number of nitrogens with zero attached hydrogens (tertiary/aromatic N) is 2. The van der Waals surface area contributed by atoms with Gasteiger partial charge in [-0.25, -0.2) is 9.59 Å². The van der Waals surface area contributed by atoms with Crippen molar-refractivity contribution in [3.63, 3.8) is 0 Å². The van der Waals surface area contributed by atoms with Crippen molar-refractivity contribution in [3.8, 4) is 5.75 Å². The Morgan fingerprint density at radius 1 is 1.00 bits per heavy atom. The largest absolute Gasteiger partial charge is 0.493 e. The summed E-state index contributed by atoms with van der Waals surface area (Å²) in [7, 11) is 1.42. The lowest BCUT2D eigenvalue weighted by Crippen LogP contribution is -2.44. The zero-order chi connectivity index (χ0) is 18.7. The first-order chi connectivity index (χ1) is 10.9. The quantitative estimate of drug-likeness (QED) is 0.722. The molecule has 2 amide bonds. The van der Waals surface area contributed by atoms with Gasteiger partial charge in [0.1, 0.15) is 16.9 Å². The normalized spacial score (nSPS) is 11.7. The lowest BCUT2D eigenvalue weighted by Gasteiger charge is -2.29. The molecule has 0 atom stereocenters. The molecule has 0 saturated heterocycles. The van der Waals surface area contributed by atoms with E-state index in [-0.39, 0.29) is 11.4 Å². The van der Waals surface area contributed by atoms with Gasteiger partial charge in [-0.3, -0.25) is 4.98 Å². The monoisotopic (exact) mass is 402 g/mol. The Hall–Kier alpha value is -1.83. The Labute approximate surface area is 150 Å². The fourth-order valence-corrected chi connectivity index (χ4v) is 2.14. The number of halogens is 1. The number of rotatable bonds is 2. The molecule has 24 heavy (non-hydrogen) atoms. The van der Waals surface area contributed by atoms with Crippen LogP contribution in [0.25, 0.3) is 0 Å². The first-order valence-electron chi connectivity index (χ1n) is 7.29. The Kier molecular flexibility index (Phi) is 6.21. The van der Waals surface area contributed by atoms with Crippen LogP contribution in [0.3, 0.4) is 0 Å². The second-order valence-corrected chi connectivity index (χ2v) is 7.82. The summed E-state index contributed by atoms with van der Waals surface area (Å²) in [5, 5.41) is 0. The van der Waals surface area contributed by atoms with Crippen LogP contribution in [0.4, 0.5) is 15.3 Å². The number of imide groups is 1. The van der Waals surface area contributed by atoms with E-state index in [4.69, 9.17) is 14.2 Å². The van der Waals surface area contributed by atoms with Crippen LogP contribution < -0.4 is 9.64 Å². The lowest BCUT2D eigenvalue weighted by atomic mass is 10.2. The van der Waals surface area contributed by atoms with Gasteiger partial charge < -0.3 is 14.2 Å². The van der Waals surface area contributed by atoms with Gasteiger partial charge >= 0.3 is 12.2 Å². The van der Waals surface area contributed by atoms with Gasteiger partial charge in [0.15, 0.2) is 5.75 Å². The van der Waals surface area contributed by atoms with E-state index < -0.39 is 23.4 Å². The van der Waals surface area contributed by atoms with Crippen molar-refractivity contribution in [3.05, 3.63) is 16.9 Å². The predicted octanol–water partition coefficient (Wildman–Crippen LogP) is 4.53. The maximum absolute atomic E-state index is 12.6. The number of amides is 2. The number of methoxy groups -OCH3 is 1. The molecule has 7 nitrogen and oxygen atoms in total. The van der Waals surface area contributed by atoms with E-state index in [0.717, 1.165) is 4.90 Å². The molecule has 0 aromatic carbocycles. The first kappa shape index (κ1) is 20.2. The number of pyridine rings is 1. The summed E-state index contributed by atoms with van der Waals surface area (Å²) in [6.07, 6.45) is 1.06. The minimum absolute atomic E-state index is 0.121. The number of anilines is 1. The maximum Gasteiger partial charge on any atom is 0.424 e. The van der Waals surface area contributed by atoms with Crippen LogP contribution in [0.1, 0.15) is 41.5 Å². The fraction of sp³-hybridized carbons (Fsp3) is 0.562. The van der Waals surface area contributed by atoms with Crippen LogP contribution in [-0.4, -0.2) is 35.5 Å². The molecule has 0 aliphatic carbocycles. The van der Waals surface area contributed by atoms with Crippen molar-refractivity contribution in [2.75, 3.05) is 12.0 Å². The van der Waals surface area contributed by atoms with Gasteiger partial charge in [-0.15, -0.1) is 0 Å². The van der Waals surface area contributed by atoms with Crippen molar-refractivity contribution in [1.82, 2.24) is 4.98 Å². The summed E-state index contributed by atoms with van der Waals surface area (Å²) in [6, 6.07) is 0. The zero-order valence-electron chi connectivity index (χ0n) is 15.0. The van der Waals surface area contributed by atoms with Gasteiger partial charge in [-0.05, 0) is 57.5 Å². The van der Waals surface area contributed by atoms with E-state index in [0.29, 0.717) is 4.47 Å². The standard InChI is InChI=1S/C16H23BrN2O5/c1-15(2,3)23-13(20)19(14(21)24-16(4,5)6)11-9-18-8-10(17)12(11)22-7/h8-9H,1-7H3. The van der Waals surface area contributed by atoms with Gasteiger partial charge in [0.2, 0.25) is 0 Å². The van der Waals surface area contributed by atoms with Crippen molar-refractivity contribution in [2.24, 2.45) is 0 Å². The molecular weight excluding hydrogens is 380 g/mol. The number of carbonyl (C=O) groups is 2. The molecule has 0 radical (unpaired) electrons. The number of carbonyl (C=O) groups excluding carboxylic acids is 2. The summed E-state index contributed by atoms with van der Waals surface area (Å²) in [4.78, 5) is 29.9. The highest BCUT2D eigenvalue weighted by Gasteiger charge is 2.35. The molecule has 0 unspecified atom stereocenters. The topological polar surface area (TPSA) is 78.0 Å². The van der Waals surface area contributed by atoms with Gasteiger partial charge in [0.25, 0.3) is 0 Å². The van der Waals surface area contributed by atoms with Crippen LogP contribution >= 0.6 is 15.9 Å². The van der Waals surface area contributed by atoms with Crippen LogP contribution in [0.5, 0.6) is 5.75 Å². The zero-order valence-corrected chi connectivity index (χ0v) is 16.6. The highest BCUT2D eigenvalue weighted by atomic mass is 79.9. The molecule has 0 saturated carbocycles. The molecule has 134 valence electrons. The maximum atomic E-state index is 12.6. The van der Waals surface area contributed by atoms with E-state index in [9.17, 15) is 9.59 Å². The number of aromatic nitrogens is 1. The van der Waals surface area contributed by atoms with E-state index in [1.54, 1.807) is 41.5 Å². The van der Waals surface area contributed by atoms with Crippen LogP contribution in [0.15, 0.2) is 16.9 Å². The van der Waals surface area contributed by atoms with Crippen molar-refractivity contribution < 1.29 is 23.8 Å². The van der Waals surface area contributed by atoms with Gasteiger partial charge in [0.05, 0.1) is 17.8 Å². The number of hydrogen-bond acceptors (Lipinski definition) is 6. The summed E-state index contributed by atoms with van der Waals surface area (Å²) < 4.78 is 16.4. The third-order valence-corrected chi connectivity index (χ3v) is 3.00. The van der Waals surface area contributed by atoms with E-state index in [2.05, 4.69) is 20.9 Å². The molecule has 0 bridgehead atoms. The van der Waals surface area contributed by atoms with Gasteiger partial charge in [0, 0.05) is 6.20 Å². The molecule has 1 heterocycles. The van der Waals surface area contributed by atoms with Crippen molar-refractivity contribution >= 4 is 33.8 Å². The van der Waals surface area contributed by atoms with Crippen LogP contribution in [0.2, 0.25) is 0 Å². The third-order valence-electron chi connectivity index (χ3n) is 2.43. The minimum atomic E-state index is -0.880. The van der Waals surface area contributed by atoms with Crippen molar-refractivity contribution in [1.29, 1.82) is 0 Å². The van der Waals surface area contributed by atoms with Crippen LogP contribution in [-0.2, 0) is 9.47 Å². The first-order valence-corrected chi connectivity index (χ1v) is 8.08. The van der Waals surface area contributed by atoms with E-state index >= 15 is 0 Å². The minimum Gasteiger partial charge on any atom is -0.493 e. The van der Waals surface area contributed by atoms with Gasteiger partial charge in [-0.1, -0.05) is 0 Å². The average molecular weight is 403 g/mol. The summed E-state index contributed by atoms with van der Waals surface area (Å²) >= 11 is 3.28. The lowest BCUT2D eigenvalue weighted by molar-refractivity contribution is 0.0429. The molecule has 8 heteroatoms. The molecular formula is C16H23BrN2O5. The molecule has 0 spiro atoms. The number of ether oxygens (including phenoxy) is 3. The second-order valence-electron chi connectivity index (χ2n) is 6.97. The molecule has 0 aliphatic heterocycles. The predicted molar refractivity (Wildman–Crippen MR) is 93.4 cm³/mol. The molecule has 1 aromatic heterocycles. The van der Waals surface area contributed by atoms with E-state index in [1.165, 1.54) is 19.5 Å². The highest BCUT2D eigenvalue weighted by molar-refractivity contribution is 9.10. The fourth-order valence-electron chi connectivity index (χ4n) is 1.66. The summed E-state index contributed by atoms with van der Waals surface area (Å²) in [5.74, 6) is 0.265. The highest BCUT2D eigenvalue weighted by Crippen LogP contribution is 2.36. The Bertz CT molecular complexity index is 592. The van der Waals surface area contributed by atoms with Crippen molar-refractivity contribution in [2.45, 2.75) is 52.7 Å². The summed E-state index contributed by atoms with van der Waals surface area (Å²) in [5.41, 5.74) is -1.45. The Morgan fingerprint density at radius 3 is 1.83 bits per heavy atom. The van der Waals surface area contributed by atoms with Crippen LogP contribution in [0, 0.1) is 0 Å². The third kappa shape index (κ3) is 5.67. The Balaban J connectivity index is 3.36. The van der Waals surface area contributed by atoms with E-state index in [1.807, 2.05) is 0 Å². The Morgan fingerprint density at radius 2 is 1.46 bits per heavy atom.